The minimum Gasteiger partial charge on any atom is -0.292 e. The summed E-state index contributed by atoms with van der Waals surface area (Å²) in [5, 5.41) is 0. The van der Waals surface area contributed by atoms with Crippen molar-refractivity contribution in [3.8, 4) is 0 Å². The third kappa shape index (κ3) is 0.367. The van der Waals surface area contributed by atoms with E-state index < -0.39 is 34.9 Å². The summed E-state index contributed by atoms with van der Waals surface area (Å²) in [6.45, 7) is 0. The molecule has 0 spiro atoms. The summed E-state index contributed by atoms with van der Waals surface area (Å²) in [6.07, 6.45) is -2.91. The number of rotatable bonds is 0. The van der Waals surface area contributed by atoms with Gasteiger partial charge in [0, 0.05) is 0 Å². The molecule has 0 N–H and O–H groups in total. The molecule has 2 aliphatic rings. The lowest BCUT2D eigenvalue weighted by Gasteiger charge is -2.52. The van der Waals surface area contributed by atoms with Crippen molar-refractivity contribution in [1.82, 2.24) is 0 Å². The molecule has 3 atom stereocenters. The first kappa shape index (κ1) is 7.70. The summed E-state index contributed by atoms with van der Waals surface area (Å²) in [5.74, 6) is -6.16. The van der Waals surface area contributed by atoms with Gasteiger partial charge in [0.1, 0.15) is 0 Å². The Morgan fingerprint density at radius 1 is 1.17 bits per heavy atom. The Kier molecular flexibility index (Phi) is 0.996. The van der Waals surface area contributed by atoms with Crippen molar-refractivity contribution in [2.45, 2.75) is 17.5 Å². The molecule has 1 nitrogen and oxygen atoms in total. The number of alkyl halides is 3. The van der Waals surface area contributed by atoms with Crippen molar-refractivity contribution in [3.05, 3.63) is 11.7 Å². The normalized spacial score (nSPS) is 51.4. The largest absolute Gasteiger partial charge is 0.292 e. The fourth-order valence-electron chi connectivity index (χ4n) is 1.41. The first-order chi connectivity index (χ1) is 5.38. The molecular formula is C6HF5O. The van der Waals surface area contributed by atoms with Crippen molar-refractivity contribution >= 4 is 5.78 Å². The van der Waals surface area contributed by atoms with Crippen LogP contribution in [0.15, 0.2) is 11.7 Å². The summed E-state index contributed by atoms with van der Waals surface area (Å²) in [7, 11) is 0. The molecule has 0 aromatic rings. The minimum atomic E-state index is -3.69. The van der Waals surface area contributed by atoms with E-state index in [4.69, 9.17) is 0 Å². The topological polar surface area (TPSA) is 17.1 Å². The van der Waals surface area contributed by atoms with Gasteiger partial charge in [-0.1, -0.05) is 0 Å². The molecule has 0 aromatic heterocycles. The Morgan fingerprint density at radius 3 is 2.08 bits per heavy atom. The van der Waals surface area contributed by atoms with Crippen molar-refractivity contribution in [3.63, 3.8) is 0 Å². The number of halogens is 5. The molecule has 0 saturated heterocycles. The van der Waals surface area contributed by atoms with Gasteiger partial charge in [0.15, 0.2) is 11.7 Å². The van der Waals surface area contributed by atoms with Gasteiger partial charge >= 0.3 is 0 Å². The summed E-state index contributed by atoms with van der Waals surface area (Å²) in [5.41, 5.74) is -7.37. The zero-order valence-electron chi connectivity index (χ0n) is 5.38. The van der Waals surface area contributed by atoms with Crippen LogP contribution >= 0.6 is 0 Å². The predicted molar refractivity (Wildman–Crippen MR) is 26.8 cm³/mol. The molecule has 66 valence electrons. The molecule has 0 unspecified atom stereocenters. The van der Waals surface area contributed by atoms with Gasteiger partial charge in [-0.2, -0.15) is 0 Å². The van der Waals surface area contributed by atoms with Crippen LogP contribution in [0.3, 0.4) is 0 Å². The zero-order chi connectivity index (χ0) is 9.31. The highest BCUT2D eigenvalue weighted by Gasteiger charge is 2.89. The van der Waals surface area contributed by atoms with Crippen LogP contribution in [-0.4, -0.2) is 23.3 Å². The number of fused-ring (bicyclic) bond motifs is 1. The van der Waals surface area contributed by atoms with E-state index in [1.807, 2.05) is 0 Å². The van der Waals surface area contributed by atoms with Crippen molar-refractivity contribution in [1.29, 1.82) is 0 Å². The molecule has 0 amide bonds. The van der Waals surface area contributed by atoms with Gasteiger partial charge in [0.05, 0.1) is 0 Å². The fraction of sp³-hybridized carbons (Fsp3) is 0.500. The molecule has 0 aromatic carbocycles. The first-order valence-corrected chi connectivity index (χ1v) is 3.01. The van der Waals surface area contributed by atoms with Gasteiger partial charge in [-0.25, -0.2) is 22.0 Å². The van der Waals surface area contributed by atoms with Crippen LogP contribution in [-0.2, 0) is 4.79 Å². The van der Waals surface area contributed by atoms with Crippen LogP contribution in [0.25, 0.3) is 0 Å². The summed E-state index contributed by atoms with van der Waals surface area (Å²) in [4.78, 5) is 10.3. The lowest BCUT2D eigenvalue weighted by atomic mass is 9.56. The number of carbonyl (C=O) groups is 1. The van der Waals surface area contributed by atoms with Crippen molar-refractivity contribution in [2.24, 2.45) is 0 Å². The van der Waals surface area contributed by atoms with E-state index in [2.05, 4.69) is 0 Å². The van der Waals surface area contributed by atoms with Gasteiger partial charge in [-0.3, -0.25) is 4.79 Å². The maximum absolute atomic E-state index is 12.7. The van der Waals surface area contributed by atoms with E-state index >= 15 is 0 Å². The molecule has 6 heteroatoms. The van der Waals surface area contributed by atoms with Crippen LogP contribution in [0, 0.1) is 0 Å². The third-order valence-corrected chi connectivity index (χ3v) is 2.23. The Labute approximate surface area is 62.9 Å². The predicted octanol–water partition coefficient (Wildman–Crippen LogP) is 1.49. The fourth-order valence-corrected chi connectivity index (χ4v) is 1.41. The number of ketones is 1. The van der Waals surface area contributed by atoms with E-state index in [0.717, 1.165) is 0 Å². The van der Waals surface area contributed by atoms with Crippen LogP contribution < -0.4 is 0 Å². The molecule has 2 aliphatic carbocycles. The Morgan fingerprint density at radius 2 is 1.67 bits per heavy atom. The number of carbonyl (C=O) groups excluding carboxylic acids is 1. The van der Waals surface area contributed by atoms with E-state index in [-0.39, 0.29) is 0 Å². The average Bonchev–Trinajstić information content (AvgIpc) is 2.10. The number of hydrogen-bond donors (Lipinski definition) is 0. The molecule has 0 radical (unpaired) electrons. The van der Waals surface area contributed by atoms with E-state index in [0.29, 0.717) is 0 Å². The molecule has 0 bridgehead atoms. The molecular weight excluding hydrogens is 183 g/mol. The van der Waals surface area contributed by atoms with Crippen LogP contribution in [0.1, 0.15) is 0 Å². The highest BCUT2D eigenvalue weighted by Crippen LogP contribution is 2.65. The third-order valence-electron chi connectivity index (χ3n) is 2.23. The van der Waals surface area contributed by atoms with Gasteiger partial charge < -0.3 is 0 Å². The first-order valence-electron chi connectivity index (χ1n) is 3.01. The quantitative estimate of drug-likeness (QED) is 0.521. The monoisotopic (exact) mass is 184 g/mol. The van der Waals surface area contributed by atoms with Crippen LogP contribution in [0.5, 0.6) is 0 Å². The molecule has 1 fully saturated rings. The van der Waals surface area contributed by atoms with Gasteiger partial charge in [-0.15, -0.1) is 0 Å². The molecule has 2 rings (SSSR count). The highest BCUT2D eigenvalue weighted by molar-refractivity contribution is 6.08. The smallest absolute Gasteiger partial charge is 0.268 e. The lowest BCUT2D eigenvalue weighted by Crippen LogP contribution is -2.80. The second kappa shape index (κ2) is 1.55. The number of hydrogen-bond acceptors (Lipinski definition) is 1. The Hall–Kier alpha value is -0.940. The minimum absolute atomic E-state index is 1.89. The average molecular weight is 184 g/mol. The maximum Gasteiger partial charge on any atom is 0.268 e. The van der Waals surface area contributed by atoms with Gasteiger partial charge in [-0.05, 0) is 0 Å². The van der Waals surface area contributed by atoms with Crippen molar-refractivity contribution in [2.75, 3.05) is 0 Å². The lowest BCUT2D eigenvalue weighted by molar-refractivity contribution is -0.197. The molecule has 0 heterocycles. The Bertz CT molecular complexity index is 324. The van der Waals surface area contributed by atoms with Gasteiger partial charge in [0.2, 0.25) is 17.6 Å². The number of allylic oxidation sites excluding steroid dienone is 2. The van der Waals surface area contributed by atoms with E-state index in [1.165, 1.54) is 0 Å². The summed E-state index contributed by atoms with van der Waals surface area (Å²) >= 11 is 0. The van der Waals surface area contributed by atoms with Gasteiger partial charge in [0.25, 0.3) is 5.67 Å². The van der Waals surface area contributed by atoms with Crippen LogP contribution in [0.4, 0.5) is 22.0 Å². The SMILES string of the molecule is O=C1[C@H](F)[C@@]2(F)C(F)=C(F)[C@@]12F. The zero-order valence-corrected chi connectivity index (χ0v) is 5.38. The van der Waals surface area contributed by atoms with Crippen LogP contribution in [0.2, 0.25) is 0 Å². The highest BCUT2D eigenvalue weighted by atomic mass is 19.2. The summed E-state index contributed by atoms with van der Waals surface area (Å²) < 4.78 is 62.0. The molecule has 0 aliphatic heterocycles. The van der Waals surface area contributed by atoms with E-state index in [9.17, 15) is 26.7 Å². The standard InChI is InChI=1S/C6HF5O/c7-1-2(8)6(11)4(12)3(9)5(1,6)10/h3H/t3-,5-,6+/m0/s1. The second-order valence-corrected chi connectivity index (χ2v) is 2.73. The number of Topliss-reactive ketones (excluding diaryl/α,β-unsaturated/α-hetero) is 1. The van der Waals surface area contributed by atoms with E-state index in [1.54, 1.807) is 0 Å². The second-order valence-electron chi connectivity index (χ2n) is 2.73. The molecule has 1 saturated carbocycles. The molecule has 12 heavy (non-hydrogen) atoms. The van der Waals surface area contributed by atoms with Crippen molar-refractivity contribution < 1.29 is 26.7 Å². The Balaban J connectivity index is 2.57. The maximum atomic E-state index is 12.7. The summed E-state index contributed by atoms with van der Waals surface area (Å²) in [6, 6.07) is 0.